The van der Waals surface area contributed by atoms with Crippen LogP contribution in [0.5, 0.6) is 0 Å². The molecule has 0 spiro atoms. The Morgan fingerprint density at radius 3 is 1.90 bits per heavy atom. The second-order valence-electron chi connectivity index (χ2n) is 7.95. The van der Waals surface area contributed by atoms with E-state index in [2.05, 4.69) is 11.8 Å². The monoisotopic (exact) mass is 389 g/mol. The number of carbonyl (C=O) groups excluding carboxylic acids is 1. The lowest BCUT2D eigenvalue weighted by molar-refractivity contribution is 0.0882. The first-order valence-corrected chi connectivity index (χ1v) is 9.94. The fraction of sp³-hybridized carbons (Fsp3) is 0.269. The average Bonchev–Trinajstić information content (AvgIpc) is 2.74. The Morgan fingerprint density at radius 1 is 0.931 bits per heavy atom. The highest BCUT2D eigenvalue weighted by atomic mass is 19.1. The predicted octanol–water partition coefficient (Wildman–Crippen LogP) is 5.64. The molecule has 0 aliphatic carbocycles. The molecule has 0 aliphatic rings. The van der Waals surface area contributed by atoms with Crippen molar-refractivity contribution < 1.29 is 9.18 Å². The number of rotatable bonds is 7. The number of aryl methyl sites for hydroxylation is 1. The Kier molecular flexibility index (Phi) is 6.29. The van der Waals surface area contributed by atoms with Gasteiger partial charge in [0.15, 0.2) is 5.78 Å². The number of benzene rings is 3. The normalized spacial score (nSPS) is 12.8. The van der Waals surface area contributed by atoms with E-state index in [4.69, 9.17) is 0 Å². The zero-order valence-electron chi connectivity index (χ0n) is 17.5. The molecule has 29 heavy (non-hydrogen) atoms. The third kappa shape index (κ3) is 4.15. The molecule has 3 aromatic carbocycles. The largest absolute Gasteiger partial charge is 0.307 e. The van der Waals surface area contributed by atoms with Crippen molar-refractivity contribution in [2.24, 2.45) is 0 Å². The van der Waals surface area contributed by atoms with Gasteiger partial charge in [0.25, 0.3) is 0 Å². The molecule has 0 N–H and O–H groups in total. The maximum Gasteiger partial charge on any atom is 0.177 e. The molecule has 3 aromatic rings. The van der Waals surface area contributed by atoms with Crippen LogP contribution in [0.1, 0.15) is 40.4 Å². The van der Waals surface area contributed by atoms with Gasteiger partial charge in [-0.3, -0.25) is 4.79 Å². The Bertz CT molecular complexity index is 927. The minimum Gasteiger partial charge on any atom is -0.307 e. The maximum atomic E-state index is 14.1. The fourth-order valence-corrected chi connectivity index (χ4v) is 3.86. The van der Waals surface area contributed by atoms with Gasteiger partial charge in [-0.2, -0.15) is 0 Å². The van der Waals surface area contributed by atoms with Crippen LogP contribution in [0.3, 0.4) is 0 Å². The van der Waals surface area contributed by atoms with Gasteiger partial charge in [0.05, 0.1) is 5.41 Å². The highest BCUT2D eigenvalue weighted by Gasteiger charge is 2.43. The summed E-state index contributed by atoms with van der Waals surface area (Å²) in [6.45, 7) is 3.82. The molecule has 1 unspecified atom stereocenters. The van der Waals surface area contributed by atoms with E-state index in [1.54, 1.807) is 19.1 Å². The number of hydrogen-bond acceptors (Lipinski definition) is 2. The van der Waals surface area contributed by atoms with Crippen LogP contribution in [0, 0.1) is 12.7 Å². The van der Waals surface area contributed by atoms with Crippen molar-refractivity contribution in [3.05, 3.63) is 107 Å². The Hall–Kier alpha value is -2.78. The molecular weight excluding hydrogens is 361 g/mol. The van der Waals surface area contributed by atoms with Gasteiger partial charge >= 0.3 is 0 Å². The Morgan fingerprint density at radius 2 is 1.45 bits per heavy atom. The van der Waals surface area contributed by atoms with E-state index in [0.29, 0.717) is 17.5 Å². The van der Waals surface area contributed by atoms with Gasteiger partial charge in [0.2, 0.25) is 0 Å². The van der Waals surface area contributed by atoms with Crippen molar-refractivity contribution in [3.8, 4) is 0 Å². The summed E-state index contributed by atoms with van der Waals surface area (Å²) in [7, 11) is 4.05. The van der Waals surface area contributed by atoms with Crippen LogP contribution in [-0.4, -0.2) is 30.8 Å². The van der Waals surface area contributed by atoms with Crippen LogP contribution in [0.2, 0.25) is 0 Å². The lowest BCUT2D eigenvalue weighted by Gasteiger charge is -2.38. The van der Waals surface area contributed by atoms with E-state index < -0.39 is 5.41 Å². The number of nitrogens with zero attached hydrogens (tertiary/aromatic N) is 1. The molecule has 3 heteroatoms. The summed E-state index contributed by atoms with van der Waals surface area (Å²) in [5.41, 5.74) is 2.05. The molecule has 0 amide bonds. The average molecular weight is 390 g/mol. The van der Waals surface area contributed by atoms with Crippen LogP contribution < -0.4 is 0 Å². The van der Waals surface area contributed by atoms with Gasteiger partial charge < -0.3 is 4.90 Å². The minimum atomic E-state index is -0.865. The summed E-state index contributed by atoms with van der Waals surface area (Å²) in [5.74, 6) is -0.306. The van der Waals surface area contributed by atoms with E-state index in [1.165, 1.54) is 6.07 Å². The highest BCUT2D eigenvalue weighted by Crippen LogP contribution is 2.40. The summed E-state index contributed by atoms with van der Waals surface area (Å²) in [5, 5.41) is 0. The molecule has 1 atom stereocenters. The van der Waals surface area contributed by atoms with Gasteiger partial charge in [-0.1, -0.05) is 60.7 Å². The molecule has 0 saturated heterocycles. The van der Waals surface area contributed by atoms with Crippen molar-refractivity contribution in [2.45, 2.75) is 31.7 Å². The van der Waals surface area contributed by atoms with Crippen LogP contribution in [0.15, 0.2) is 78.9 Å². The summed E-state index contributed by atoms with van der Waals surface area (Å²) >= 11 is 0. The van der Waals surface area contributed by atoms with Crippen LogP contribution in [0.25, 0.3) is 0 Å². The number of Topliss-reactive ketones (excluding diaryl/α,β-unsaturated/α-hetero) is 1. The molecule has 0 bridgehead atoms. The lowest BCUT2D eigenvalue weighted by atomic mass is 9.66. The first-order valence-electron chi connectivity index (χ1n) is 9.94. The summed E-state index contributed by atoms with van der Waals surface area (Å²) < 4.78 is 13.9. The second kappa shape index (κ2) is 8.71. The summed E-state index contributed by atoms with van der Waals surface area (Å²) in [6.07, 6.45) is 0.614. The van der Waals surface area contributed by atoms with Gasteiger partial charge in [-0.15, -0.1) is 0 Å². The molecule has 0 fully saturated rings. The quantitative estimate of drug-likeness (QED) is 0.487. The number of carbonyl (C=O) groups is 1. The SMILES string of the molecule is Cc1cc(C(=O)C(CC(C)N(C)C)(c2ccccc2)c2ccccc2)ccc1F. The number of hydrogen-bond donors (Lipinski definition) is 0. The van der Waals surface area contributed by atoms with Crippen LogP contribution >= 0.6 is 0 Å². The smallest absolute Gasteiger partial charge is 0.177 e. The van der Waals surface area contributed by atoms with E-state index in [9.17, 15) is 9.18 Å². The van der Waals surface area contributed by atoms with E-state index in [1.807, 2.05) is 74.8 Å². The summed E-state index contributed by atoms with van der Waals surface area (Å²) in [4.78, 5) is 16.3. The lowest BCUT2D eigenvalue weighted by Crippen LogP contribution is -2.43. The number of ketones is 1. The van der Waals surface area contributed by atoms with Crippen LogP contribution in [-0.2, 0) is 5.41 Å². The van der Waals surface area contributed by atoms with Crippen molar-refractivity contribution in [1.29, 1.82) is 0 Å². The van der Waals surface area contributed by atoms with Gasteiger partial charge in [-0.25, -0.2) is 4.39 Å². The molecule has 0 heterocycles. The maximum absolute atomic E-state index is 14.1. The number of halogens is 1. The third-order valence-corrected chi connectivity index (χ3v) is 5.82. The standard InChI is InChI=1S/C26H28FNO/c1-19-17-21(15-16-24(19)27)25(29)26(18-20(2)28(3)4,22-11-7-5-8-12-22)23-13-9-6-10-14-23/h5-17,20H,18H2,1-4H3. The topological polar surface area (TPSA) is 20.3 Å². The van der Waals surface area contributed by atoms with Gasteiger partial charge in [0.1, 0.15) is 5.82 Å². The molecule has 0 aromatic heterocycles. The zero-order valence-corrected chi connectivity index (χ0v) is 17.5. The van der Waals surface area contributed by atoms with Crippen molar-refractivity contribution in [3.63, 3.8) is 0 Å². The fourth-order valence-electron chi connectivity index (χ4n) is 3.86. The van der Waals surface area contributed by atoms with Crippen molar-refractivity contribution >= 4 is 5.78 Å². The molecule has 0 saturated carbocycles. The zero-order chi connectivity index (χ0) is 21.0. The third-order valence-electron chi connectivity index (χ3n) is 5.82. The summed E-state index contributed by atoms with van der Waals surface area (Å²) in [6, 6.07) is 24.7. The van der Waals surface area contributed by atoms with Gasteiger partial charge in [-0.05, 0) is 69.3 Å². The first-order chi connectivity index (χ1) is 13.9. The Balaban J connectivity index is 2.28. The van der Waals surface area contributed by atoms with Crippen LogP contribution in [0.4, 0.5) is 4.39 Å². The Labute approximate surface area is 173 Å². The van der Waals surface area contributed by atoms with Gasteiger partial charge in [0, 0.05) is 11.6 Å². The second-order valence-corrected chi connectivity index (χ2v) is 7.95. The van der Waals surface area contributed by atoms with Crippen molar-refractivity contribution in [1.82, 2.24) is 4.90 Å². The highest BCUT2D eigenvalue weighted by molar-refractivity contribution is 6.06. The van der Waals surface area contributed by atoms with E-state index in [-0.39, 0.29) is 17.6 Å². The first kappa shape index (κ1) is 20.9. The predicted molar refractivity (Wildman–Crippen MR) is 117 cm³/mol. The molecule has 150 valence electrons. The van der Waals surface area contributed by atoms with Crippen molar-refractivity contribution in [2.75, 3.05) is 14.1 Å². The molecule has 2 nitrogen and oxygen atoms in total. The van der Waals surface area contributed by atoms with E-state index >= 15 is 0 Å². The molecular formula is C26H28FNO. The minimum absolute atomic E-state index is 0.00769. The molecule has 0 aliphatic heterocycles. The molecule has 3 rings (SSSR count). The van der Waals surface area contributed by atoms with E-state index in [0.717, 1.165) is 11.1 Å². The molecule has 0 radical (unpaired) electrons.